The van der Waals surface area contributed by atoms with Gasteiger partial charge in [0.1, 0.15) is 5.75 Å². The van der Waals surface area contributed by atoms with Crippen molar-refractivity contribution in [2.45, 2.75) is 40.2 Å². The second kappa shape index (κ2) is 5.89. The lowest BCUT2D eigenvalue weighted by atomic mass is 10.0. The van der Waals surface area contributed by atoms with E-state index in [-0.39, 0.29) is 17.7 Å². The first-order chi connectivity index (χ1) is 8.32. The van der Waals surface area contributed by atoms with E-state index in [0.29, 0.717) is 11.5 Å². The minimum absolute atomic E-state index is 0.0589. The molecule has 1 unspecified atom stereocenters. The lowest BCUT2D eigenvalue weighted by Crippen LogP contribution is -2.35. The Morgan fingerprint density at radius 3 is 2.44 bits per heavy atom. The van der Waals surface area contributed by atoms with Gasteiger partial charge in [-0.15, -0.1) is 0 Å². The van der Waals surface area contributed by atoms with Crippen LogP contribution in [0.1, 0.15) is 43.1 Å². The van der Waals surface area contributed by atoms with Crippen LogP contribution in [0.2, 0.25) is 0 Å². The number of phenolic OH excluding ortho intramolecular Hbond substituents is 1. The topological polar surface area (TPSA) is 40.5 Å². The van der Waals surface area contributed by atoms with E-state index < -0.39 is 0 Å². The maximum absolute atomic E-state index is 12.3. The lowest BCUT2D eigenvalue weighted by molar-refractivity contribution is 0.0725. The minimum Gasteiger partial charge on any atom is -0.507 e. The molecule has 0 radical (unpaired) electrons. The molecule has 3 heteroatoms. The third-order valence-corrected chi connectivity index (χ3v) is 3.18. The average Bonchev–Trinajstić information content (AvgIpc) is 2.26. The van der Waals surface area contributed by atoms with Crippen LogP contribution >= 0.6 is 0 Å². The van der Waals surface area contributed by atoms with Crippen molar-refractivity contribution >= 4 is 5.91 Å². The van der Waals surface area contributed by atoms with E-state index in [1.807, 2.05) is 19.9 Å². The highest BCUT2D eigenvalue weighted by Gasteiger charge is 2.20. The zero-order valence-corrected chi connectivity index (χ0v) is 11.9. The predicted octanol–water partition coefficient (Wildman–Crippen LogP) is 3.21. The third-order valence-electron chi connectivity index (χ3n) is 3.18. The van der Waals surface area contributed by atoms with Crippen molar-refractivity contribution in [1.82, 2.24) is 4.90 Å². The van der Waals surface area contributed by atoms with Crippen LogP contribution in [0, 0.1) is 12.8 Å². The average molecular weight is 249 g/mol. The highest BCUT2D eigenvalue weighted by Crippen LogP contribution is 2.21. The largest absolute Gasteiger partial charge is 0.507 e. The number of hydrogen-bond donors (Lipinski definition) is 1. The van der Waals surface area contributed by atoms with Crippen LogP contribution in [0.4, 0.5) is 0 Å². The lowest BCUT2D eigenvalue weighted by Gasteiger charge is -2.26. The number of rotatable bonds is 4. The van der Waals surface area contributed by atoms with Crippen molar-refractivity contribution in [3.05, 3.63) is 29.3 Å². The Morgan fingerprint density at radius 1 is 1.33 bits per heavy atom. The van der Waals surface area contributed by atoms with E-state index in [9.17, 15) is 9.90 Å². The Kier molecular flexibility index (Phi) is 4.76. The molecule has 1 aromatic carbocycles. The molecule has 3 nitrogen and oxygen atoms in total. The van der Waals surface area contributed by atoms with E-state index >= 15 is 0 Å². The van der Waals surface area contributed by atoms with Crippen LogP contribution in [-0.2, 0) is 0 Å². The first kappa shape index (κ1) is 14.6. The predicted molar refractivity (Wildman–Crippen MR) is 73.9 cm³/mol. The second-order valence-electron chi connectivity index (χ2n) is 5.42. The highest BCUT2D eigenvalue weighted by atomic mass is 16.3. The summed E-state index contributed by atoms with van der Waals surface area (Å²) in [7, 11) is 1.79. The maximum atomic E-state index is 12.3. The molecular weight excluding hydrogens is 226 g/mol. The fourth-order valence-corrected chi connectivity index (χ4v) is 2.05. The number of aromatic hydroxyl groups is 1. The molecule has 100 valence electrons. The van der Waals surface area contributed by atoms with E-state index in [1.54, 1.807) is 24.1 Å². The van der Waals surface area contributed by atoms with Gasteiger partial charge in [0.25, 0.3) is 5.91 Å². The Labute approximate surface area is 109 Å². The molecule has 0 heterocycles. The Hall–Kier alpha value is -1.51. The maximum Gasteiger partial charge on any atom is 0.257 e. The van der Waals surface area contributed by atoms with Gasteiger partial charge in [-0.2, -0.15) is 0 Å². The molecule has 0 saturated carbocycles. The van der Waals surface area contributed by atoms with Gasteiger partial charge in [0.15, 0.2) is 0 Å². The summed E-state index contributed by atoms with van der Waals surface area (Å²) < 4.78 is 0. The summed E-state index contributed by atoms with van der Waals surface area (Å²) in [5.74, 6) is 0.478. The first-order valence-corrected chi connectivity index (χ1v) is 6.39. The summed E-state index contributed by atoms with van der Waals surface area (Å²) in [5.41, 5.74) is 1.32. The molecule has 0 aliphatic heterocycles. The summed E-state index contributed by atoms with van der Waals surface area (Å²) in [6.07, 6.45) is 0.953. The number of amides is 1. The Balaban J connectivity index is 2.86. The van der Waals surface area contributed by atoms with Gasteiger partial charge in [0, 0.05) is 13.1 Å². The molecule has 0 bridgehead atoms. The third kappa shape index (κ3) is 3.49. The van der Waals surface area contributed by atoms with Crippen LogP contribution in [-0.4, -0.2) is 29.0 Å². The van der Waals surface area contributed by atoms with Gasteiger partial charge < -0.3 is 10.0 Å². The molecule has 1 rings (SSSR count). The number of carbonyl (C=O) groups excluding carboxylic acids is 1. The summed E-state index contributed by atoms with van der Waals surface area (Å²) in [6.45, 7) is 8.19. The van der Waals surface area contributed by atoms with E-state index in [0.717, 1.165) is 12.0 Å². The molecule has 0 saturated heterocycles. The number of benzene rings is 1. The van der Waals surface area contributed by atoms with E-state index in [2.05, 4.69) is 13.8 Å². The summed E-state index contributed by atoms with van der Waals surface area (Å²) in [5, 5.41) is 9.83. The monoisotopic (exact) mass is 249 g/mol. The van der Waals surface area contributed by atoms with Crippen LogP contribution in [0.15, 0.2) is 18.2 Å². The van der Waals surface area contributed by atoms with Crippen LogP contribution in [0.5, 0.6) is 5.75 Å². The quantitative estimate of drug-likeness (QED) is 0.890. The van der Waals surface area contributed by atoms with Gasteiger partial charge in [-0.1, -0.05) is 19.9 Å². The zero-order chi connectivity index (χ0) is 13.9. The number of phenols is 1. The molecule has 1 atom stereocenters. The number of hydrogen-bond acceptors (Lipinski definition) is 2. The normalized spacial score (nSPS) is 12.6. The molecule has 0 spiro atoms. The standard InChI is InChI=1S/C15H23NO2/c1-10(2)8-12(4)16(5)15(18)13-7-6-11(3)9-14(13)17/h6-7,9-10,12,17H,8H2,1-5H3. The van der Waals surface area contributed by atoms with Crippen molar-refractivity contribution in [3.63, 3.8) is 0 Å². The number of aryl methyl sites for hydroxylation is 1. The number of carbonyl (C=O) groups is 1. The van der Waals surface area contributed by atoms with Gasteiger partial charge in [0.05, 0.1) is 5.56 Å². The fourth-order valence-electron chi connectivity index (χ4n) is 2.05. The molecule has 18 heavy (non-hydrogen) atoms. The summed E-state index contributed by atoms with van der Waals surface area (Å²) >= 11 is 0. The Morgan fingerprint density at radius 2 is 1.94 bits per heavy atom. The number of nitrogens with zero attached hydrogens (tertiary/aromatic N) is 1. The van der Waals surface area contributed by atoms with Crippen LogP contribution in [0.3, 0.4) is 0 Å². The van der Waals surface area contributed by atoms with Gasteiger partial charge in [-0.3, -0.25) is 4.79 Å². The fraction of sp³-hybridized carbons (Fsp3) is 0.533. The van der Waals surface area contributed by atoms with Crippen LogP contribution < -0.4 is 0 Å². The van der Waals surface area contributed by atoms with Crippen molar-refractivity contribution in [1.29, 1.82) is 0 Å². The zero-order valence-electron chi connectivity index (χ0n) is 11.9. The molecular formula is C15H23NO2. The van der Waals surface area contributed by atoms with Crippen molar-refractivity contribution in [2.24, 2.45) is 5.92 Å². The molecule has 1 amide bonds. The van der Waals surface area contributed by atoms with Gasteiger partial charge in [-0.25, -0.2) is 0 Å². The first-order valence-electron chi connectivity index (χ1n) is 6.39. The SMILES string of the molecule is Cc1ccc(C(=O)N(C)C(C)CC(C)C)c(O)c1. The molecule has 0 fully saturated rings. The minimum atomic E-state index is -0.124. The summed E-state index contributed by atoms with van der Waals surface area (Å²) in [6, 6.07) is 5.31. The van der Waals surface area contributed by atoms with Gasteiger partial charge >= 0.3 is 0 Å². The van der Waals surface area contributed by atoms with Gasteiger partial charge in [0.2, 0.25) is 0 Å². The smallest absolute Gasteiger partial charge is 0.257 e. The van der Waals surface area contributed by atoms with Crippen molar-refractivity contribution in [3.8, 4) is 5.75 Å². The molecule has 0 aliphatic carbocycles. The molecule has 1 aromatic rings. The molecule has 0 aromatic heterocycles. The second-order valence-corrected chi connectivity index (χ2v) is 5.42. The molecule has 0 aliphatic rings. The summed E-state index contributed by atoms with van der Waals surface area (Å²) in [4.78, 5) is 14.0. The van der Waals surface area contributed by atoms with E-state index in [4.69, 9.17) is 0 Å². The van der Waals surface area contributed by atoms with Gasteiger partial charge in [-0.05, 0) is 43.9 Å². The van der Waals surface area contributed by atoms with Crippen molar-refractivity contribution in [2.75, 3.05) is 7.05 Å². The molecule has 1 N–H and O–H groups in total. The Bertz CT molecular complexity index is 427. The van der Waals surface area contributed by atoms with E-state index in [1.165, 1.54) is 0 Å². The highest BCUT2D eigenvalue weighted by molar-refractivity contribution is 5.96. The van der Waals surface area contributed by atoms with Crippen LogP contribution in [0.25, 0.3) is 0 Å². The van der Waals surface area contributed by atoms with Crippen molar-refractivity contribution < 1.29 is 9.90 Å².